The second-order valence-electron chi connectivity index (χ2n) is 4.49. The minimum Gasteiger partial charge on any atom is -0.293 e. The summed E-state index contributed by atoms with van der Waals surface area (Å²) in [6.45, 7) is 3.35. The molecule has 0 bridgehead atoms. The number of hydrogen-bond acceptors (Lipinski definition) is 4. The first-order chi connectivity index (χ1) is 10.4. The van der Waals surface area contributed by atoms with E-state index in [4.69, 9.17) is 0 Å². The van der Waals surface area contributed by atoms with Crippen molar-refractivity contribution in [2.75, 3.05) is 0 Å². The molecule has 0 N–H and O–H groups in total. The van der Waals surface area contributed by atoms with Crippen LogP contribution >= 0.6 is 23.1 Å². The van der Waals surface area contributed by atoms with Gasteiger partial charge in [-0.15, -0.1) is 10.2 Å². The average Bonchev–Trinajstić information content (AvgIpc) is 2.94. The zero-order chi connectivity index (χ0) is 17.6. The third kappa shape index (κ3) is 3.18. The molecule has 0 aliphatic heterocycles. The molecule has 0 amide bonds. The summed E-state index contributed by atoms with van der Waals surface area (Å²) in [5.41, 5.74) is 1.32. The largest absolute Gasteiger partial charge is 0.441 e. The monoisotopic (exact) mass is 379 g/mol. The van der Waals surface area contributed by atoms with Gasteiger partial charge in [-0.3, -0.25) is 4.57 Å². The lowest BCUT2D eigenvalue weighted by molar-refractivity contribution is -0.302. The van der Waals surface area contributed by atoms with Gasteiger partial charge in [-0.1, -0.05) is 11.3 Å². The second kappa shape index (κ2) is 5.65. The molecule has 12 heteroatoms. The zero-order valence-corrected chi connectivity index (χ0v) is 13.1. The molecule has 2 heterocycles. The molecule has 0 fully saturated rings. The highest BCUT2D eigenvalue weighted by atomic mass is 32.2. The van der Waals surface area contributed by atoms with E-state index in [-0.39, 0.29) is 5.13 Å². The Kier molecular flexibility index (Phi) is 4.43. The maximum absolute atomic E-state index is 13.6. The van der Waals surface area contributed by atoms with Crippen LogP contribution in [-0.4, -0.2) is 32.1 Å². The zero-order valence-electron chi connectivity index (χ0n) is 11.5. The van der Waals surface area contributed by atoms with Gasteiger partial charge in [-0.2, -0.15) is 26.3 Å². The van der Waals surface area contributed by atoms with Crippen LogP contribution < -0.4 is 0 Å². The molecule has 0 aliphatic rings. The van der Waals surface area contributed by atoms with Gasteiger partial charge < -0.3 is 0 Å². The number of halogens is 7. The summed E-state index contributed by atoms with van der Waals surface area (Å²) in [7, 11) is 0. The summed E-state index contributed by atoms with van der Waals surface area (Å²) >= 11 is -0.609. The normalized spacial score (nSPS) is 13.6. The average molecular weight is 379 g/mol. The molecular weight excluding hydrogens is 371 g/mol. The molecule has 2 aromatic rings. The first-order valence-corrected chi connectivity index (χ1v) is 7.50. The van der Waals surface area contributed by atoms with Crippen LogP contribution in [0, 0.1) is 13.8 Å². The lowest BCUT2D eigenvalue weighted by atomic mass is 10.3. The van der Waals surface area contributed by atoms with E-state index >= 15 is 0 Å². The van der Waals surface area contributed by atoms with Crippen LogP contribution in [-0.2, 0) is 0 Å². The van der Waals surface area contributed by atoms with Crippen molar-refractivity contribution in [3.05, 3.63) is 23.5 Å². The Morgan fingerprint density at radius 3 is 1.83 bits per heavy atom. The molecule has 23 heavy (non-hydrogen) atoms. The molecule has 2 aromatic heterocycles. The Hall–Kier alpha value is -1.30. The highest BCUT2D eigenvalue weighted by Crippen LogP contribution is 2.55. The van der Waals surface area contributed by atoms with Gasteiger partial charge in [0.05, 0.1) is 0 Å². The Labute approximate surface area is 133 Å². The molecule has 3 nitrogen and oxygen atoms in total. The number of hydrogen-bond donors (Lipinski definition) is 0. The lowest BCUT2D eigenvalue weighted by Crippen LogP contribution is -2.50. The van der Waals surface area contributed by atoms with Crippen molar-refractivity contribution in [2.24, 2.45) is 0 Å². The molecule has 0 aliphatic carbocycles. The number of thioether (sulfide) groups is 1. The van der Waals surface area contributed by atoms with Crippen LogP contribution in [0.3, 0.4) is 0 Å². The van der Waals surface area contributed by atoms with Crippen LogP contribution in [0.1, 0.15) is 11.4 Å². The van der Waals surface area contributed by atoms with Gasteiger partial charge in [0, 0.05) is 11.4 Å². The van der Waals surface area contributed by atoms with E-state index in [0.29, 0.717) is 22.7 Å². The van der Waals surface area contributed by atoms with E-state index in [1.165, 1.54) is 4.57 Å². The number of nitrogens with zero attached hydrogens (tertiary/aromatic N) is 3. The molecule has 0 saturated carbocycles. The van der Waals surface area contributed by atoms with Crippen molar-refractivity contribution in [1.82, 2.24) is 14.8 Å². The van der Waals surface area contributed by atoms with E-state index in [0.717, 1.165) is 0 Å². The fourth-order valence-corrected chi connectivity index (χ4v) is 3.69. The summed E-state index contributed by atoms with van der Waals surface area (Å²) in [5.74, 6) is 0. The number of aromatic nitrogens is 3. The first kappa shape index (κ1) is 18.0. The number of rotatable bonds is 3. The highest BCUT2D eigenvalue weighted by Gasteiger charge is 2.74. The van der Waals surface area contributed by atoms with Gasteiger partial charge in [0.25, 0.3) is 0 Å². The molecule has 0 spiro atoms. The number of alkyl halides is 7. The minimum absolute atomic E-state index is 0.0548. The maximum atomic E-state index is 13.6. The SMILES string of the molecule is Cc1ccc(C)n1-c1nnc(SC(F)(C(F)(F)F)C(F)(F)F)s1. The Bertz CT molecular complexity index is 668. The Balaban J connectivity index is 2.38. The third-order valence-electron chi connectivity index (χ3n) is 2.82. The van der Waals surface area contributed by atoms with Crippen molar-refractivity contribution in [3.63, 3.8) is 0 Å². The molecule has 128 valence electrons. The second-order valence-corrected chi connectivity index (χ2v) is 6.86. The predicted octanol–water partition coefficient (Wildman–Crippen LogP) is 4.83. The molecule has 0 unspecified atom stereocenters. The smallest absolute Gasteiger partial charge is 0.293 e. The van der Waals surface area contributed by atoms with E-state index in [1.807, 2.05) is 0 Å². The summed E-state index contributed by atoms with van der Waals surface area (Å²) in [6, 6.07) is 3.38. The highest BCUT2D eigenvalue weighted by molar-refractivity contribution is 8.02. The maximum Gasteiger partial charge on any atom is 0.441 e. The van der Waals surface area contributed by atoms with Gasteiger partial charge in [0.2, 0.25) is 5.13 Å². The van der Waals surface area contributed by atoms with Crippen LogP contribution in [0.2, 0.25) is 0 Å². The van der Waals surface area contributed by atoms with Gasteiger partial charge in [0.15, 0.2) is 4.34 Å². The molecule has 0 radical (unpaired) electrons. The topological polar surface area (TPSA) is 30.7 Å². The van der Waals surface area contributed by atoms with Gasteiger partial charge in [-0.05, 0) is 37.7 Å². The van der Waals surface area contributed by atoms with Crippen molar-refractivity contribution < 1.29 is 30.7 Å². The fraction of sp³-hybridized carbons (Fsp3) is 0.455. The quantitative estimate of drug-likeness (QED) is 0.566. The molecule has 0 saturated heterocycles. The van der Waals surface area contributed by atoms with E-state index in [2.05, 4.69) is 10.2 Å². The Morgan fingerprint density at radius 1 is 0.913 bits per heavy atom. The van der Waals surface area contributed by atoms with E-state index in [9.17, 15) is 30.7 Å². The van der Waals surface area contributed by atoms with Gasteiger partial charge in [-0.25, -0.2) is 4.39 Å². The Morgan fingerprint density at radius 2 is 1.39 bits per heavy atom. The lowest BCUT2D eigenvalue weighted by Gasteiger charge is -2.27. The molecule has 0 aromatic carbocycles. The van der Waals surface area contributed by atoms with Crippen LogP contribution in [0.4, 0.5) is 30.7 Å². The molecule has 2 rings (SSSR count). The molecular formula is C11H8F7N3S2. The van der Waals surface area contributed by atoms with Gasteiger partial charge in [0.1, 0.15) is 0 Å². The van der Waals surface area contributed by atoms with E-state index < -0.39 is 33.5 Å². The third-order valence-corrected chi connectivity index (χ3v) is 5.02. The minimum atomic E-state index is -6.14. The van der Waals surface area contributed by atoms with Crippen molar-refractivity contribution >= 4 is 23.1 Å². The number of aryl methyl sites for hydroxylation is 2. The molecule has 0 atom stereocenters. The summed E-state index contributed by atoms with van der Waals surface area (Å²) in [4.78, 5) is 0. The van der Waals surface area contributed by atoms with Gasteiger partial charge >= 0.3 is 17.4 Å². The summed E-state index contributed by atoms with van der Waals surface area (Å²) in [5, 5.41) is 1.38. The van der Waals surface area contributed by atoms with Crippen LogP contribution in [0.15, 0.2) is 16.5 Å². The van der Waals surface area contributed by atoms with Crippen molar-refractivity contribution in [1.29, 1.82) is 0 Å². The predicted molar refractivity (Wildman–Crippen MR) is 70.5 cm³/mol. The standard InChI is InChI=1S/C11H8F7N3S2/c1-5-3-4-6(2)21(5)7-19-20-8(22-7)23-9(12,10(13,14)15)11(16,17)18/h3-4H,1-2H3. The van der Waals surface area contributed by atoms with E-state index in [1.54, 1.807) is 26.0 Å². The van der Waals surface area contributed by atoms with Crippen LogP contribution in [0.25, 0.3) is 5.13 Å². The summed E-state index contributed by atoms with van der Waals surface area (Å²) < 4.78 is 89.5. The fourth-order valence-electron chi connectivity index (χ4n) is 1.70. The van der Waals surface area contributed by atoms with Crippen molar-refractivity contribution in [3.8, 4) is 5.13 Å². The first-order valence-electron chi connectivity index (χ1n) is 5.87. The van der Waals surface area contributed by atoms with Crippen LogP contribution in [0.5, 0.6) is 0 Å². The van der Waals surface area contributed by atoms with Crippen molar-refractivity contribution in [2.45, 2.75) is 35.5 Å². The summed E-state index contributed by atoms with van der Waals surface area (Å²) in [6.07, 6.45) is -12.3.